The predicted octanol–water partition coefficient (Wildman–Crippen LogP) is 6.39. The van der Waals surface area contributed by atoms with Gasteiger partial charge in [0.15, 0.2) is 0 Å². The number of rotatable bonds is 6. The van der Waals surface area contributed by atoms with Crippen molar-refractivity contribution >= 4 is 34.1 Å². The average Bonchev–Trinajstić information content (AvgIpc) is 3.27. The summed E-state index contributed by atoms with van der Waals surface area (Å²) >= 11 is 12.4. The molecule has 0 amide bonds. The summed E-state index contributed by atoms with van der Waals surface area (Å²) in [6.07, 6.45) is 2.92. The highest BCUT2D eigenvalue weighted by atomic mass is 35.5. The van der Waals surface area contributed by atoms with Crippen molar-refractivity contribution in [2.75, 3.05) is 0 Å². The van der Waals surface area contributed by atoms with Crippen LogP contribution in [-0.2, 0) is 13.0 Å². The van der Waals surface area contributed by atoms with Crippen LogP contribution in [0.4, 0.5) is 0 Å². The second-order valence-corrected chi connectivity index (χ2v) is 7.36. The van der Waals surface area contributed by atoms with Gasteiger partial charge in [0.1, 0.15) is 5.69 Å². The van der Waals surface area contributed by atoms with Gasteiger partial charge in [-0.15, -0.1) is 10.2 Å². The van der Waals surface area contributed by atoms with Crippen molar-refractivity contribution in [1.82, 2.24) is 14.8 Å². The number of fused-ring (bicyclic) bond motifs is 1. The Morgan fingerprint density at radius 3 is 2.70 bits per heavy atom. The van der Waals surface area contributed by atoms with Crippen molar-refractivity contribution in [3.8, 4) is 11.6 Å². The summed E-state index contributed by atoms with van der Waals surface area (Å²) in [7, 11) is 0. The first kappa shape index (κ1) is 18.1. The van der Waals surface area contributed by atoms with Crippen LogP contribution in [0.15, 0.2) is 52.9 Å². The van der Waals surface area contributed by atoms with Gasteiger partial charge in [0.25, 0.3) is 5.89 Å². The fourth-order valence-electron chi connectivity index (χ4n) is 3.16. The molecular weight excluding hydrogens is 381 g/mol. The Morgan fingerprint density at radius 1 is 1.04 bits per heavy atom. The molecule has 2 heterocycles. The fourth-order valence-corrected chi connectivity index (χ4v) is 3.63. The molecule has 0 radical (unpaired) electrons. The Hall–Kier alpha value is -2.30. The van der Waals surface area contributed by atoms with E-state index in [-0.39, 0.29) is 0 Å². The lowest BCUT2D eigenvalue weighted by Gasteiger charge is -2.11. The SMILES string of the molecule is CCCCc1nnc(-c2cc3ccccc3n2Cc2ccc(Cl)cc2Cl)o1. The molecule has 0 aliphatic rings. The number of hydrogen-bond donors (Lipinski definition) is 0. The predicted molar refractivity (Wildman–Crippen MR) is 109 cm³/mol. The summed E-state index contributed by atoms with van der Waals surface area (Å²) in [6.45, 7) is 2.73. The molecule has 2 aromatic heterocycles. The van der Waals surface area contributed by atoms with Gasteiger partial charge in [-0.2, -0.15) is 0 Å². The molecule has 4 aromatic rings. The highest BCUT2D eigenvalue weighted by molar-refractivity contribution is 6.35. The highest BCUT2D eigenvalue weighted by Gasteiger charge is 2.17. The van der Waals surface area contributed by atoms with Gasteiger partial charge >= 0.3 is 0 Å². The largest absolute Gasteiger partial charge is 0.419 e. The molecule has 0 saturated heterocycles. The Kier molecular flexibility index (Phi) is 5.19. The van der Waals surface area contributed by atoms with E-state index in [1.165, 1.54) is 0 Å². The summed E-state index contributed by atoms with van der Waals surface area (Å²) < 4.78 is 8.09. The lowest BCUT2D eigenvalue weighted by molar-refractivity contribution is 0.492. The zero-order valence-electron chi connectivity index (χ0n) is 15.0. The minimum atomic E-state index is 0.530. The smallest absolute Gasteiger partial charge is 0.264 e. The van der Waals surface area contributed by atoms with Crippen LogP contribution in [0.1, 0.15) is 31.2 Å². The Morgan fingerprint density at radius 2 is 1.89 bits per heavy atom. The molecule has 0 saturated carbocycles. The van der Waals surface area contributed by atoms with Crippen LogP contribution in [0.3, 0.4) is 0 Å². The molecule has 0 aliphatic carbocycles. The topological polar surface area (TPSA) is 43.9 Å². The summed E-state index contributed by atoms with van der Waals surface area (Å²) in [5, 5.41) is 10.9. The van der Waals surface area contributed by atoms with E-state index in [2.05, 4.69) is 39.9 Å². The van der Waals surface area contributed by atoms with Crippen molar-refractivity contribution in [2.24, 2.45) is 0 Å². The Balaban J connectivity index is 1.78. The summed E-state index contributed by atoms with van der Waals surface area (Å²) in [5.74, 6) is 1.20. The maximum atomic E-state index is 6.41. The van der Waals surface area contributed by atoms with Crippen LogP contribution in [-0.4, -0.2) is 14.8 Å². The second-order valence-electron chi connectivity index (χ2n) is 6.51. The van der Waals surface area contributed by atoms with Crippen molar-refractivity contribution in [2.45, 2.75) is 32.7 Å². The van der Waals surface area contributed by atoms with Crippen molar-refractivity contribution in [3.05, 3.63) is 70.0 Å². The minimum Gasteiger partial charge on any atom is -0.419 e. The monoisotopic (exact) mass is 399 g/mol. The lowest BCUT2D eigenvalue weighted by Crippen LogP contribution is -2.02. The van der Waals surface area contributed by atoms with E-state index in [0.29, 0.717) is 28.4 Å². The van der Waals surface area contributed by atoms with Gasteiger partial charge in [-0.25, -0.2) is 0 Å². The molecule has 2 aromatic carbocycles. The number of hydrogen-bond acceptors (Lipinski definition) is 3. The third kappa shape index (κ3) is 3.73. The van der Waals surface area contributed by atoms with Crippen LogP contribution in [0.25, 0.3) is 22.5 Å². The third-order valence-electron chi connectivity index (χ3n) is 4.58. The molecule has 6 heteroatoms. The average molecular weight is 400 g/mol. The lowest BCUT2D eigenvalue weighted by atomic mass is 10.2. The number of unbranched alkanes of at least 4 members (excludes halogenated alkanes) is 1. The summed E-state index contributed by atoms with van der Waals surface area (Å²) in [6, 6.07) is 15.8. The molecule has 138 valence electrons. The van der Waals surface area contributed by atoms with Crippen LogP contribution >= 0.6 is 23.2 Å². The van der Waals surface area contributed by atoms with Gasteiger partial charge in [-0.05, 0) is 36.2 Å². The zero-order chi connectivity index (χ0) is 18.8. The van der Waals surface area contributed by atoms with Crippen molar-refractivity contribution in [1.29, 1.82) is 0 Å². The second kappa shape index (κ2) is 7.75. The number of halogens is 2. The van der Waals surface area contributed by atoms with E-state index in [4.69, 9.17) is 27.6 Å². The molecule has 0 aliphatic heterocycles. The highest BCUT2D eigenvalue weighted by Crippen LogP contribution is 2.30. The first-order chi connectivity index (χ1) is 13.2. The quantitative estimate of drug-likeness (QED) is 0.377. The fraction of sp³-hybridized carbons (Fsp3) is 0.238. The Labute approximate surface area is 167 Å². The maximum Gasteiger partial charge on any atom is 0.264 e. The van der Waals surface area contributed by atoms with Gasteiger partial charge < -0.3 is 8.98 Å². The molecule has 0 spiro atoms. The maximum absolute atomic E-state index is 6.41. The van der Waals surface area contributed by atoms with Crippen LogP contribution < -0.4 is 0 Å². The van der Waals surface area contributed by atoms with Crippen molar-refractivity contribution < 1.29 is 4.42 Å². The first-order valence-electron chi connectivity index (χ1n) is 9.00. The molecule has 4 nitrogen and oxygen atoms in total. The van der Waals surface area contributed by atoms with Gasteiger partial charge in [-0.1, -0.05) is 60.8 Å². The van der Waals surface area contributed by atoms with E-state index >= 15 is 0 Å². The molecule has 0 unspecified atom stereocenters. The molecule has 0 bridgehead atoms. The standard InChI is InChI=1S/C21H19Cl2N3O/c1-2-3-8-20-24-25-21(27-20)19-11-14-6-4-5-7-18(14)26(19)13-15-9-10-16(22)12-17(15)23/h4-7,9-12H,2-3,8,13H2,1H3. The van der Waals surface area contributed by atoms with E-state index in [9.17, 15) is 0 Å². The number of nitrogens with zero attached hydrogens (tertiary/aromatic N) is 3. The van der Waals surface area contributed by atoms with Crippen LogP contribution in [0.2, 0.25) is 10.0 Å². The summed E-state index contributed by atoms with van der Waals surface area (Å²) in [5.41, 5.74) is 2.96. The first-order valence-corrected chi connectivity index (χ1v) is 9.76. The normalized spacial score (nSPS) is 11.4. The molecule has 27 heavy (non-hydrogen) atoms. The number of aromatic nitrogens is 3. The van der Waals surface area contributed by atoms with Gasteiger partial charge in [0.05, 0.1) is 0 Å². The van der Waals surface area contributed by atoms with Crippen LogP contribution in [0.5, 0.6) is 0 Å². The van der Waals surface area contributed by atoms with Gasteiger partial charge in [0.2, 0.25) is 5.89 Å². The number of para-hydroxylation sites is 1. The minimum absolute atomic E-state index is 0.530. The van der Waals surface area contributed by atoms with Gasteiger partial charge in [0, 0.05) is 33.9 Å². The number of benzene rings is 2. The van der Waals surface area contributed by atoms with E-state index in [1.807, 2.05) is 24.3 Å². The molecular formula is C21H19Cl2N3O. The molecule has 0 atom stereocenters. The van der Waals surface area contributed by atoms with E-state index < -0.39 is 0 Å². The van der Waals surface area contributed by atoms with Crippen molar-refractivity contribution in [3.63, 3.8) is 0 Å². The molecule has 0 N–H and O–H groups in total. The number of aryl methyl sites for hydroxylation is 1. The van der Waals surface area contributed by atoms with Gasteiger partial charge in [-0.3, -0.25) is 0 Å². The molecule has 0 fully saturated rings. The van der Waals surface area contributed by atoms with E-state index in [0.717, 1.165) is 41.4 Å². The Bertz CT molecular complexity index is 1080. The summed E-state index contributed by atoms with van der Waals surface area (Å²) in [4.78, 5) is 0. The van der Waals surface area contributed by atoms with Crippen LogP contribution in [0, 0.1) is 0 Å². The van der Waals surface area contributed by atoms with E-state index in [1.54, 1.807) is 6.07 Å². The molecule has 4 rings (SSSR count). The zero-order valence-corrected chi connectivity index (χ0v) is 16.5. The third-order valence-corrected chi connectivity index (χ3v) is 5.17.